The lowest BCUT2D eigenvalue weighted by Gasteiger charge is -2.06. The van der Waals surface area contributed by atoms with Gasteiger partial charge in [-0.1, -0.05) is 0 Å². The smallest absolute Gasteiger partial charge is 0.258 e. The maximum Gasteiger partial charge on any atom is 0.258 e. The molecule has 0 unspecified atom stereocenters. The van der Waals surface area contributed by atoms with Crippen LogP contribution in [0.25, 0.3) is 16.7 Å². The van der Waals surface area contributed by atoms with Gasteiger partial charge in [-0.2, -0.15) is 10.1 Å². The average Bonchev–Trinajstić information content (AvgIpc) is 3.11. The number of nitrogens with zero attached hydrogens (tertiary/aromatic N) is 4. The molecule has 1 amide bonds. The summed E-state index contributed by atoms with van der Waals surface area (Å²) in [5.41, 5.74) is 2.03. The van der Waals surface area contributed by atoms with Crippen molar-refractivity contribution in [1.82, 2.24) is 15.0 Å². The fourth-order valence-corrected chi connectivity index (χ4v) is 2.65. The van der Waals surface area contributed by atoms with E-state index >= 15 is 0 Å². The van der Waals surface area contributed by atoms with Gasteiger partial charge in [0.1, 0.15) is 22.7 Å². The highest BCUT2D eigenvalue weighted by Crippen LogP contribution is 2.19. The highest BCUT2D eigenvalue weighted by atomic mass is 19.1. The van der Waals surface area contributed by atoms with Gasteiger partial charge >= 0.3 is 0 Å². The van der Waals surface area contributed by atoms with E-state index in [2.05, 4.69) is 15.5 Å². The molecule has 136 valence electrons. The highest BCUT2D eigenvalue weighted by Gasteiger charge is 2.13. The van der Waals surface area contributed by atoms with Crippen molar-refractivity contribution >= 4 is 22.6 Å². The van der Waals surface area contributed by atoms with Crippen LogP contribution >= 0.6 is 0 Å². The summed E-state index contributed by atoms with van der Waals surface area (Å²) in [6.07, 6.45) is 0. The summed E-state index contributed by atoms with van der Waals surface area (Å²) in [4.78, 5) is 13.7. The number of fused-ring (bicyclic) bond motifs is 1. The number of carbonyl (C=O) groups is 1. The number of halogens is 2. The molecule has 4 aromatic rings. The summed E-state index contributed by atoms with van der Waals surface area (Å²) in [7, 11) is 0. The van der Waals surface area contributed by atoms with Crippen molar-refractivity contribution in [2.24, 2.45) is 0 Å². The second-order valence-electron chi connectivity index (χ2n) is 5.93. The number of benzene rings is 3. The van der Waals surface area contributed by atoms with Crippen LogP contribution in [0.3, 0.4) is 0 Å². The lowest BCUT2D eigenvalue weighted by atomic mass is 10.1. The van der Waals surface area contributed by atoms with Gasteiger partial charge in [-0.05, 0) is 60.7 Å². The van der Waals surface area contributed by atoms with Crippen molar-refractivity contribution < 1.29 is 13.6 Å². The Morgan fingerprint density at radius 3 is 2.43 bits per heavy atom. The minimum Gasteiger partial charge on any atom is -0.322 e. The van der Waals surface area contributed by atoms with E-state index in [9.17, 15) is 13.6 Å². The van der Waals surface area contributed by atoms with Crippen LogP contribution in [0.2, 0.25) is 0 Å². The Labute approximate surface area is 157 Å². The first-order chi connectivity index (χ1) is 13.5. The van der Waals surface area contributed by atoms with Gasteiger partial charge in [0.05, 0.1) is 22.9 Å². The average molecular weight is 375 g/mol. The Bertz CT molecular complexity index is 1240. The van der Waals surface area contributed by atoms with Crippen molar-refractivity contribution in [1.29, 1.82) is 5.26 Å². The molecular formula is C20H11F2N5O. The maximum absolute atomic E-state index is 14.0. The van der Waals surface area contributed by atoms with Gasteiger partial charge in [-0.25, -0.2) is 8.78 Å². The number of amides is 1. The van der Waals surface area contributed by atoms with Crippen LogP contribution in [0.4, 0.5) is 14.5 Å². The largest absolute Gasteiger partial charge is 0.322 e. The molecule has 0 fully saturated rings. The lowest BCUT2D eigenvalue weighted by molar-refractivity contribution is 0.102. The topological polar surface area (TPSA) is 83.6 Å². The summed E-state index contributed by atoms with van der Waals surface area (Å²) in [6, 6.07) is 16.0. The number of rotatable bonds is 3. The van der Waals surface area contributed by atoms with Crippen LogP contribution in [0, 0.1) is 23.0 Å². The van der Waals surface area contributed by atoms with E-state index in [-0.39, 0.29) is 16.9 Å². The molecule has 1 N–H and O–H groups in total. The minimum absolute atomic E-state index is 0.132. The number of hydrogen-bond acceptors (Lipinski definition) is 4. The summed E-state index contributed by atoms with van der Waals surface area (Å²) >= 11 is 0. The minimum atomic E-state index is -0.778. The van der Waals surface area contributed by atoms with Crippen molar-refractivity contribution in [2.75, 3.05) is 5.32 Å². The molecule has 0 aliphatic carbocycles. The molecule has 0 aliphatic heterocycles. The van der Waals surface area contributed by atoms with Crippen LogP contribution in [0.15, 0.2) is 60.7 Å². The first-order valence-corrected chi connectivity index (χ1v) is 8.17. The summed E-state index contributed by atoms with van der Waals surface area (Å²) in [5.74, 6) is -1.78. The maximum atomic E-state index is 14.0. The number of aromatic nitrogens is 3. The number of nitrogens with one attached hydrogen (secondary N) is 1. The van der Waals surface area contributed by atoms with E-state index in [0.29, 0.717) is 22.4 Å². The molecule has 4 rings (SSSR count). The molecule has 6 nitrogen and oxygen atoms in total. The molecule has 0 atom stereocenters. The van der Waals surface area contributed by atoms with Crippen LogP contribution in [-0.2, 0) is 0 Å². The number of nitriles is 1. The Hall–Kier alpha value is -4.12. The summed E-state index contributed by atoms with van der Waals surface area (Å²) < 4.78 is 27.1. The molecule has 0 aliphatic rings. The fraction of sp³-hybridized carbons (Fsp3) is 0. The summed E-state index contributed by atoms with van der Waals surface area (Å²) in [5, 5.41) is 20.0. The van der Waals surface area contributed by atoms with Gasteiger partial charge in [0.25, 0.3) is 5.91 Å². The second kappa shape index (κ2) is 6.89. The predicted octanol–water partition coefficient (Wildman–Crippen LogP) is 3.82. The van der Waals surface area contributed by atoms with E-state index in [0.717, 1.165) is 6.07 Å². The Kier molecular flexibility index (Phi) is 4.26. The molecule has 1 aromatic heterocycles. The molecule has 8 heteroatoms. The van der Waals surface area contributed by atoms with Crippen LogP contribution in [0.5, 0.6) is 0 Å². The predicted molar refractivity (Wildman–Crippen MR) is 97.9 cm³/mol. The molecule has 1 heterocycles. The van der Waals surface area contributed by atoms with Gasteiger partial charge in [0.15, 0.2) is 0 Å². The van der Waals surface area contributed by atoms with E-state index in [1.807, 2.05) is 6.07 Å². The monoisotopic (exact) mass is 375 g/mol. The Morgan fingerprint density at radius 2 is 1.71 bits per heavy atom. The van der Waals surface area contributed by atoms with Crippen molar-refractivity contribution in [2.45, 2.75) is 0 Å². The van der Waals surface area contributed by atoms with Gasteiger partial charge in [0, 0.05) is 5.69 Å². The third-order valence-electron chi connectivity index (χ3n) is 4.04. The van der Waals surface area contributed by atoms with Crippen molar-refractivity contribution in [3.63, 3.8) is 0 Å². The normalized spacial score (nSPS) is 10.6. The zero-order valence-electron chi connectivity index (χ0n) is 14.2. The molecule has 0 radical (unpaired) electrons. The standard InChI is InChI=1S/C20H11F2N5O/c21-13-2-5-15(6-3-13)27-25-18-8-4-14(10-19(18)26-27)24-20(28)16-7-1-12(11-23)9-17(16)22/h1-10H,(H,24,28). The molecule has 0 bridgehead atoms. The zero-order valence-corrected chi connectivity index (χ0v) is 14.2. The second-order valence-corrected chi connectivity index (χ2v) is 5.93. The quantitative estimate of drug-likeness (QED) is 0.590. The Balaban J connectivity index is 1.60. The van der Waals surface area contributed by atoms with Gasteiger partial charge in [-0.3, -0.25) is 4.79 Å². The van der Waals surface area contributed by atoms with Gasteiger partial charge in [0.2, 0.25) is 0 Å². The van der Waals surface area contributed by atoms with Crippen molar-refractivity contribution in [3.8, 4) is 11.8 Å². The third kappa shape index (κ3) is 3.29. The first-order valence-electron chi connectivity index (χ1n) is 8.17. The number of carbonyl (C=O) groups excluding carboxylic acids is 1. The van der Waals surface area contributed by atoms with E-state index < -0.39 is 11.7 Å². The van der Waals surface area contributed by atoms with Crippen LogP contribution < -0.4 is 5.32 Å². The Morgan fingerprint density at radius 1 is 0.964 bits per heavy atom. The lowest BCUT2D eigenvalue weighted by Crippen LogP contribution is -2.13. The van der Waals surface area contributed by atoms with E-state index in [1.165, 1.54) is 29.1 Å². The fourth-order valence-electron chi connectivity index (χ4n) is 2.65. The van der Waals surface area contributed by atoms with Gasteiger partial charge < -0.3 is 5.32 Å². The third-order valence-corrected chi connectivity index (χ3v) is 4.04. The number of hydrogen-bond donors (Lipinski definition) is 1. The molecule has 28 heavy (non-hydrogen) atoms. The van der Waals surface area contributed by atoms with Gasteiger partial charge in [-0.15, -0.1) is 10.2 Å². The molecule has 0 saturated carbocycles. The number of anilines is 1. The molecule has 0 spiro atoms. The zero-order chi connectivity index (χ0) is 19.7. The SMILES string of the molecule is N#Cc1ccc(C(=O)Nc2ccc3nn(-c4ccc(F)cc4)nc3c2)c(F)c1. The van der Waals surface area contributed by atoms with Crippen LogP contribution in [0.1, 0.15) is 15.9 Å². The highest BCUT2D eigenvalue weighted by molar-refractivity contribution is 6.05. The molecular weight excluding hydrogens is 364 g/mol. The molecule has 0 saturated heterocycles. The van der Waals surface area contributed by atoms with Crippen LogP contribution in [-0.4, -0.2) is 20.9 Å². The molecule has 3 aromatic carbocycles. The van der Waals surface area contributed by atoms with E-state index in [1.54, 1.807) is 30.3 Å². The summed E-state index contributed by atoms with van der Waals surface area (Å²) in [6.45, 7) is 0. The first kappa shape index (κ1) is 17.3. The van der Waals surface area contributed by atoms with Crippen molar-refractivity contribution in [3.05, 3.63) is 83.4 Å². The van der Waals surface area contributed by atoms with E-state index in [4.69, 9.17) is 5.26 Å².